The van der Waals surface area contributed by atoms with E-state index >= 15 is 0 Å². The fraction of sp³-hybridized carbons (Fsp3) is 0.231. The molecule has 0 radical (unpaired) electrons. The van der Waals surface area contributed by atoms with Crippen LogP contribution in [0.1, 0.15) is 23.4 Å². The lowest BCUT2D eigenvalue weighted by Gasteiger charge is -2.17. The Bertz CT molecular complexity index is 542. The Morgan fingerprint density at radius 1 is 1.28 bits per heavy atom. The van der Waals surface area contributed by atoms with Crippen LogP contribution in [0.4, 0.5) is 8.78 Å². The molecule has 2 rings (SSSR count). The molecule has 0 fully saturated rings. The summed E-state index contributed by atoms with van der Waals surface area (Å²) >= 11 is 4.89. The number of benzene rings is 1. The van der Waals surface area contributed by atoms with Crippen LogP contribution in [0.5, 0.6) is 0 Å². The molecule has 0 aliphatic heterocycles. The van der Waals surface area contributed by atoms with E-state index in [2.05, 4.69) is 21.2 Å². The van der Waals surface area contributed by atoms with Crippen LogP contribution in [-0.2, 0) is 0 Å². The molecule has 0 aliphatic carbocycles. The molecule has 0 aliphatic rings. The van der Waals surface area contributed by atoms with Crippen LogP contribution in [0.25, 0.3) is 0 Å². The van der Waals surface area contributed by atoms with E-state index in [0.29, 0.717) is 12.1 Å². The predicted molar refractivity (Wildman–Crippen MR) is 73.9 cm³/mol. The molecule has 1 aromatic carbocycles. The van der Waals surface area contributed by atoms with E-state index in [0.717, 1.165) is 14.7 Å². The SMILES string of the molecule is CCNC(c1ccc(Br)s1)c1cccc(F)c1F. The van der Waals surface area contributed by atoms with Gasteiger partial charge in [0.1, 0.15) is 0 Å². The van der Waals surface area contributed by atoms with Gasteiger partial charge >= 0.3 is 0 Å². The first kappa shape index (κ1) is 13.6. The number of thiophene rings is 1. The highest BCUT2D eigenvalue weighted by Crippen LogP contribution is 2.32. The summed E-state index contributed by atoms with van der Waals surface area (Å²) in [6, 6.07) is 7.77. The van der Waals surface area contributed by atoms with Crippen molar-refractivity contribution < 1.29 is 8.78 Å². The molecule has 1 N–H and O–H groups in total. The predicted octanol–water partition coefficient (Wildman–Crippen LogP) is 4.49. The van der Waals surface area contributed by atoms with E-state index in [4.69, 9.17) is 0 Å². The van der Waals surface area contributed by atoms with Crippen molar-refractivity contribution in [3.05, 3.63) is 56.2 Å². The van der Waals surface area contributed by atoms with Crippen LogP contribution >= 0.6 is 27.3 Å². The highest BCUT2D eigenvalue weighted by molar-refractivity contribution is 9.11. The van der Waals surface area contributed by atoms with E-state index in [9.17, 15) is 8.78 Å². The summed E-state index contributed by atoms with van der Waals surface area (Å²) in [6.45, 7) is 2.61. The van der Waals surface area contributed by atoms with Crippen molar-refractivity contribution in [1.29, 1.82) is 0 Å². The monoisotopic (exact) mass is 331 g/mol. The standard InChI is InChI=1S/C13H12BrF2NS/c1-2-17-13(10-6-7-11(14)18-10)8-4-3-5-9(15)12(8)16/h3-7,13,17H,2H2,1H3. The third kappa shape index (κ3) is 2.79. The van der Waals surface area contributed by atoms with Crippen molar-refractivity contribution in [3.8, 4) is 0 Å². The van der Waals surface area contributed by atoms with Crippen LogP contribution in [0.3, 0.4) is 0 Å². The Labute approximate surface area is 117 Å². The van der Waals surface area contributed by atoms with Gasteiger partial charge in [-0.3, -0.25) is 0 Å². The van der Waals surface area contributed by atoms with Crippen molar-refractivity contribution in [1.82, 2.24) is 5.32 Å². The van der Waals surface area contributed by atoms with Gasteiger partial charge in [-0.05, 0) is 40.7 Å². The normalized spacial score (nSPS) is 12.7. The summed E-state index contributed by atoms with van der Waals surface area (Å²) in [5.41, 5.74) is 0.339. The number of nitrogens with one attached hydrogen (secondary N) is 1. The van der Waals surface area contributed by atoms with E-state index in [-0.39, 0.29) is 6.04 Å². The minimum absolute atomic E-state index is 0.318. The molecule has 0 bridgehead atoms. The summed E-state index contributed by atoms with van der Waals surface area (Å²) in [5.74, 6) is -1.60. The third-order valence-electron chi connectivity index (χ3n) is 2.58. The van der Waals surface area contributed by atoms with Crippen molar-refractivity contribution in [3.63, 3.8) is 0 Å². The van der Waals surface area contributed by atoms with Gasteiger partial charge in [0.15, 0.2) is 11.6 Å². The molecule has 1 heterocycles. The number of hydrogen-bond donors (Lipinski definition) is 1. The summed E-state index contributed by atoms with van der Waals surface area (Å²) in [6.07, 6.45) is 0. The molecule has 18 heavy (non-hydrogen) atoms. The van der Waals surface area contributed by atoms with Gasteiger partial charge in [0.2, 0.25) is 0 Å². The first-order chi connectivity index (χ1) is 8.63. The van der Waals surface area contributed by atoms with Gasteiger partial charge in [0, 0.05) is 10.4 Å². The summed E-state index contributed by atoms with van der Waals surface area (Å²) in [5, 5.41) is 3.18. The van der Waals surface area contributed by atoms with E-state index in [1.165, 1.54) is 17.4 Å². The second-order valence-electron chi connectivity index (χ2n) is 3.78. The molecular formula is C13H12BrF2NS. The van der Waals surface area contributed by atoms with Gasteiger partial charge in [-0.15, -0.1) is 11.3 Å². The van der Waals surface area contributed by atoms with Gasteiger partial charge in [-0.2, -0.15) is 0 Å². The third-order valence-corrected chi connectivity index (χ3v) is 4.27. The lowest BCUT2D eigenvalue weighted by molar-refractivity contribution is 0.484. The maximum Gasteiger partial charge on any atom is 0.163 e. The van der Waals surface area contributed by atoms with Crippen molar-refractivity contribution >= 4 is 27.3 Å². The Hall–Kier alpha value is -0.780. The molecule has 1 atom stereocenters. The quantitative estimate of drug-likeness (QED) is 0.870. The Morgan fingerprint density at radius 2 is 2.06 bits per heavy atom. The summed E-state index contributed by atoms with van der Waals surface area (Å²) in [7, 11) is 0. The molecule has 0 saturated carbocycles. The van der Waals surface area contributed by atoms with Crippen molar-refractivity contribution in [2.45, 2.75) is 13.0 Å². The average molecular weight is 332 g/mol. The minimum atomic E-state index is -0.814. The average Bonchev–Trinajstić information content (AvgIpc) is 2.77. The fourth-order valence-corrected chi connectivity index (χ4v) is 3.31. The highest BCUT2D eigenvalue weighted by Gasteiger charge is 2.20. The zero-order chi connectivity index (χ0) is 13.1. The highest BCUT2D eigenvalue weighted by atomic mass is 79.9. The zero-order valence-corrected chi connectivity index (χ0v) is 12.1. The van der Waals surface area contributed by atoms with Gasteiger partial charge in [-0.25, -0.2) is 8.78 Å². The summed E-state index contributed by atoms with van der Waals surface area (Å²) in [4.78, 5) is 0.952. The van der Waals surface area contributed by atoms with Crippen LogP contribution in [-0.4, -0.2) is 6.54 Å². The van der Waals surface area contributed by atoms with E-state index in [1.807, 2.05) is 19.1 Å². The van der Waals surface area contributed by atoms with Crippen molar-refractivity contribution in [2.75, 3.05) is 6.54 Å². The topological polar surface area (TPSA) is 12.0 Å². The fourth-order valence-electron chi connectivity index (χ4n) is 1.79. The largest absolute Gasteiger partial charge is 0.306 e. The van der Waals surface area contributed by atoms with Gasteiger partial charge < -0.3 is 5.32 Å². The Morgan fingerprint density at radius 3 is 2.67 bits per heavy atom. The molecule has 0 spiro atoms. The molecule has 0 amide bonds. The smallest absolute Gasteiger partial charge is 0.163 e. The van der Waals surface area contributed by atoms with Crippen LogP contribution in [0.15, 0.2) is 34.1 Å². The van der Waals surface area contributed by atoms with Crippen LogP contribution < -0.4 is 5.32 Å². The lowest BCUT2D eigenvalue weighted by Crippen LogP contribution is -2.22. The maximum atomic E-state index is 13.8. The van der Waals surface area contributed by atoms with E-state index < -0.39 is 11.6 Å². The molecule has 1 unspecified atom stereocenters. The maximum absolute atomic E-state index is 13.8. The lowest BCUT2D eigenvalue weighted by atomic mass is 10.0. The van der Waals surface area contributed by atoms with Crippen LogP contribution in [0, 0.1) is 11.6 Å². The first-order valence-electron chi connectivity index (χ1n) is 5.56. The molecule has 96 valence electrons. The van der Waals surface area contributed by atoms with Gasteiger partial charge in [0.05, 0.1) is 9.83 Å². The molecule has 5 heteroatoms. The van der Waals surface area contributed by atoms with Crippen LogP contribution in [0.2, 0.25) is 0 Å². The van der Waals surface area contributed by atoms with Gasteiger partial charge in [0.25, 0.3) is 0 Å². The second-order valence-corrected chi connectivity index (χ2v) is 6.27. The Kier molecular flexibility index (Phi) is 4.48. The second kappa shape index (κ2) is 5.91. The number of halogens is 3. The number of rotatable bonds is 4. The van der Waals surface area contributed by atoms with E-state index in [1.54, 1.807) is 6.07 Å². The minimum Gasteiger partial charge on any atom is -0.306 e. The Balaban J connectivity index is 2.44. The molecule has 2 aromatic rings. The molecule has 1 aromatic heterocycles. The van der Waals surface area contributed by atoms with Crippen molar-refractivity contribution in [2.24, 2.45) is 0 Å². The summed E-state index contributed by atoms with van der Waals surface area (Å²) < 4.78 is 28.1. The van der Waals surface area contributed by atoms with Gasteiger partial charge in [-0.1, -0.05) is 19.1 Å². The number of hydrogen-bond acceptors (Lipinski definition) is 2. The molecular weight excluding hydrogens is 320 g/mol. The zero-order valence-electron chi connectivity index (χ0n) is 9.71. The molecule has 1 nitrogen and oxygen atoms in total. The molecule has 0 saturated heterocycles. The first-order valence-corrected chi connectivity index (χ1v) is 7.17.